The van der Waals surface area contributed by atoms with E-state index in [1.165, 1.54) is 0 Å². The predicted octanol–water partition coefficient (Wildman–Crippen LogP) is 0.754. The summed E-state index contributed by atoms with van der Waals surface area (Å²) in [6.07, 6.45) is 0. The van der Waals surface area contributed by atoms with Gasteiger partial charge in [0.05, 0.1) is 0 Å². The molecule has 60 valence electrons. The van der Waals surface area contributed by atoms with Crippen molar-refractivity contribution >= 4 is 58.3 Å². The Hall–Kier alpha value is 1.10. The van der Waals surface area contributed by atoms with E-state index in [4.69, 9.17) is 0 Å². The molecule has 11 heavy (non-hydrogen) atoms. The van der Waals surface area contributed by atoms with E-state index >= 15 is 0 Å². The quantitative estimate of drug-likeness (QED) is 0.201. The van der Waals surface area contributed by atoms with Crippen molar-refractivity contribution in [2.24, 2.45) is 0 Å². The normalized spacial score (nSPS) is 7.82. The molecule has 0 unspecified atom stereocenters. The molecule has 0 fully saturated rings. The van der Waals surface area contributed by atoms with Crippen LogP contribution in [0, 0.1) is 6.54 Å². The molecule has 0 aromatic heterocycles. The number of thiocarbonyl (C=S) groups is 2. The van der Waals surface area contributed by atoms with Crippen LogP contribution < -0.4 is 10.6 Å². The molecule has 0 radical (unpaired) electrons. The minimum atomic E-state index is 0. The SMILES string of the molecule is S=C(S)N[CH-]CNC(=S)S.[Zn]. The van der Waals surface area contributed by atoms with Crippen molar-refractivity contribution in [1.82, 2.24) is 10.6 Å². The average Bonchev–Trinajstić information content (AvgIpc) is 1.79. The van der Waals surface area contributed by atoms with Crippen LogP contribution in [0.15, 0.2) is 0 Å². The fourth-order valence-electron chi connectivity index (χ4n) is 0.277. The number of hydrogen-bond acceptors (Lipinski definition) is 2. The van der Waals surface area contributed by atoms with Gasteiger partial charge in [-0.2, -0.15) is 0 Å². The standard InChI is InChI=1S/C4H7N2S4.Zn/c7-3(8)5-1-2-6-4(9)10;/h1H,2H2,(H2,5,7,8)(H2,6,9,10);/q-1;. The topological polar surface area (TPSA) is 24.1 Å². The molecule has 2 nitrogen and oxygen atoms in total. The van der Waals surface area contributed by atoms with Crippen molar-refractivity contribution in [3.05, 3.63) is 6.54 Å². The molecule has 0 bridgehead atoms. The molecule has 0 amide bonds. The molecule has 0 spiro atoms. The van der Waals surface area contributed by atoms with Crippen LogP contribution >= 0.6 is 49.7 Å². The second kappa shape index (κ2) is 9.19. The van der Waals surface area contributed by atoms with Gasteiger partial charge in [-0.15, -0.1) is 25.3 Å². The monoisotopic (exact) mass is 275 g/mol. The zero-order valence-corrected chi connectivity index (χ0v) is 12.1. The van der Waals surface area contributed by atoms with E-state index in [0.717, 1.165) is 0 Å². The van der Waals surface area contributed by atoms with Crippen molar-refractivity contribution in [1.29, 1.82) is 0 Å². The molecule has 0 aromatic carbocycles. The van der Waals surface area contributed by atoms with Gasteiger partial charge in [0, 0.05) is 19.5 Å². The second-order valence-electron chi connectivity index (χ2n) is 1.34. The van der Waals surface area contributed by atoms with Crippen molar-refractivity contribution in [3.63, 3.8) is 0 Å². The zero-order valence-electron chi connectivity index (χ0n) is 5.70. The number of rotatable bonds is 3. The first-order valence-electron chi connectivity index (χ1n) is 2.41. The van der Waals surface area contributed by atoms with Crippen LogP contribution in [0.5, 0.6) is 0 Å². The van der Waals surface area contributed by atoms with Crippen molar-refractivity contribution in [2.45, 2.75) is 0 Å². The minimum Gasteiger partial charge on any atom is -0.519 e. The molecule has 0 aliphatic heterocycles. The molecule has 7 heteroatoms. The van der Waals surface area contributed by atoms with E-state index in [0.29, 0.717) is 15.2 Å². The van der Waals surface area contributed by atoms with Gasteiger partial charge in [0.15, 0.2) is 0 Å². The van der Waals surface area contributed by atoms with Crippen molar-refractivity contribution < 1.29 is 19.5 Å². The Morgan fingerprint density at radius 3 is 2.18 bits per heavy atom. The molecule has 0 saturated carbocycles. The van der Waals surface area contributed by atoms with Gasteiger partial charge in [0.25, 0.3) is 0 Å². The molecule has 0 atom stereocenters. The first-order chi connectivity index (χ1) is 4.63. The summed E-state index contributed by atoms with van der Waals surface area (Å²) in [5.74, 6) is 0. The zero-order chi connectivity index (χ0) is 7.98. The number of nitrogens with one attached hydrogen (secondary N) is 2. The summed E-state index contributed by atoms with van der Waals surface area (Å²) in [6.45, 7) is 2.29. The van der Waals surface area contributed by atoms with E-state index < -0.39 is 0 Å². The molecule has 0 heterocycles. The Bertz CT molecular complexity index is 124. The molecule has 0 rings (SSSR count). The number of thiol groups is 2. The predicted molar refractivity (Wildman–Crippen MR) is 58.6 cm³/mol. The first-order valence-corrected chi connectivity index (χ1v) is 4.12. The fraction of sp³-hybridized carbons (Fsp3) is 0.250. The maximum Gasteiger partial charge on any atom is 0.128 e. The maximum absolute atomic E-state index is 4.63. The summed E-state index contributed by atoms with van der Waals surface area (Å²) in [7, 11) is 0. The summed E-state index contributed by atoms with van der Waals surface area (Å²) in [5, 5.41) is 5.50. The smallest absolute Gasteiger partial charge is 0.128 e. The summed E-state index contributed by atoms with van der Waals surface area (Å²) in [4.78, 5) is 0. The van der Waals surface area contributed by atoms with E-state index in [1.54, 1.807) is 6.54 Å². The Labute approximate surface area is 101 Å². The summed E-state index contributed by atoms with van der Waals surface area (Å²) >= 11 is 16.9. The Morgan fingerprint density at radius 2 is 1.82 bits per heavy atom. The van der Waals surface area contributed by atoms with Crippen LogP contribution in [0.1, 0.15) is 0 Å². The maximum atomic E-state index is 4.63. The molecule has 0 aliphatic carbocycles. The van der Waals surface area contributed by atoms with Gasteiger partial charge in [-0.3, -0.25) is 0 Å². The molecule has 0 aliphatic rings. The van der Waals surface area contributed by atoms with E-state index in [2.05, 4.69) is 60.3 Å². The molecular weight excluding hydrogens is 270 g/mol. The van der Waals surface area contributed by atoms with Crippen LogP contribution in [-0.2, 0) is 19.5 Å². The van der Waals surface area contributed by atoms with Gasteiger partial charge in [0.1, 0.15) is 8.64 Å². The van der Waals surface area contributed by atoms with Gasteiger partial charge in [-0.05, 0) is 0 Å². The molecule has 0 saturated heterocycles. The Balaban J connectivity index is 0. The third-order valence-electron chi connectivity index (χ3n) is 0.581. The van der Waals surface area contributed by atoms with Gasteiger partial charge < -0.3 is 10.6 Å². The third-order valence-corrected chi connectivity index (χ3v) is 1.13. The van der Waals surface area contributed by atoms with E-state index in [-0.39, 0.29) is 19.5 Å². The van der Waals surface area contributed by atoms with Gasteiger partial charge >= 0.3 is 0 Å². The van der Waals surface area contributed by atoms with Gasteiger partial charge in [-0.1, -0.05) is 31.0 Å². The number of hydrogen-bond donors (Lipinski definition) is 4. The average molecular weight is 277 g/mol. The van der Waals surface area contributed by atoms with E-state index in [1.807, 2.05) is 0 Å². The summed E-state index contributed by atoms with van der Waals surface area (Å²) in [5.41, 5.74) is 0. The van der Waals surface area contributed by atoms with Gasteiger partial charge in [-0.25, -0.2) is 6.54 Å². The van der Waals surface area contributed by atoms with Crippen LogP contribution in [0.3, 0.4) is 0 Å². The Morgan fingerprint density at radius 1 is 1.27 bits per heavy atom. The van der Waals surface area contributed by atoms with E-state index in [9.17, 15) is 0 Å². The summed E-state index contributed by atoms with van der Waals surface area (Å²) in [6, 6.07) is 0. The minimum absolute atomic E-state index is 0. The van der Waals surface area contributed by atoms with Crippen molar-refractivity contribution in [2.75, 3.05) is 6.54 Å². The summed E-state index contributed by atoms with van der Waals surface area (Å²) < 4.78 is 0.898. The van der Waals surface area contributed by atoms with Crippen LogP contribution in [0.25, 0.3) is 0 Å². The molecule has 0 aromatic rings. The molecular formula is C4H7N2S4Zn-. The van der Waals surface area contributed by atoms with Crippen LogP contribution in [0.4, 0.5) is 0 Å². The second-order valence-corrected chi connectivity index (χ2v) is 3.66. The van der Waals surface area contributed by atoms with Crippen LogP contribution in [-0.4, -0.2) is 15.2 Å². The Kier molecular flexibility index (Phi) is 12.2. The molecule has 2 N–H and O–H groups in total. The largest absolute Gasteiger partial charge is 0.519 e. The first kappa shape index (κ1) is 14.6. The van der Waals surface area contributed by atoms with Crippen molar-refractivity contribution in [3.8, 4) is 0 Å². The van der Waals surface area contributed by atoms with Crippen LogP contribution in [0.2, 0.25) is 0 Å². The third kappa shape index (κ3) is 14.0. The van der Waals surface area contributed by atoms with Gasteiger partial charge in [0.2, 0.25) is 0 Å². The fourth-order valence-corrected chi connectivity index (χ4v) is 0.626.